The summed E-state index contributed by atoms with van der Waals surface area (Å²) >= 11 is 0. The molecule has 1 aromatic carbocycles. The summed E-state index contributed by atoms with van der Waals surface area (Å²) in [5.74, 6) is 1.000. The summed E-state index contributed by atoms with van der Waals surface area (Å²) in [7, 11) is 0. The molecule has 2 heterocycles. The molecule has 0 aliphatic carbocycles. The molecule has 1 amide bonds. The monoisotopic (exact) mass is 336 g/mol. The highest BCUT2D eigenvalue weighted by Crippen LogP contribution is 2.24. The fourth-order valence-electron chi connectivity index (χ4n) is 3.17. The molecule has 0 spiro atoms. The molecule has 0 fully saturated rings. The van der Waals surface area contributed by atoms with Crippen LogP contribution in [0.3, 0.4) is 0 Å². The van der Waals surface area contributed by atoms with Gasteiger partial charge in [0.2, 0.25) is 5.91 Å². The third kappa shape index (κ3) is 3.71. The topological polar surface area (TPSA) is 59.8 Å². The van der Waals surface area contributed by atoms with Gasteiger partial charge < -0.3 is 9.88 Å². The normalized spacial score (nSPS) is 12.2. The SMILES string of the molecule is CCc1nc2ccccc2n1C(CC)C(=O)NCCc1cccnc1. The van der Waals surface area contributed by atoms with Crippen LogP contribution in [-0.2, 0) is 17.6 Å². The molecule has 0 saturated heterocycles. The molecule has 0 aliphatic heterocycles. The average molecular weight is 336 g/mol. The second-order valence-corrected chi connectivity index (χ2v) is 6.07. The van der Waals surface area contributed by atoms with E-state index in [0.29, 0.717) is 6.54 Å². The number of aryl methyl sites for hydroxylation is 1. The van der Waals surface area contributed by atoms with Crippen molar-refractivity contribution in [2.45, 2.75) is 39.2 Å². The second-order valence-electron chi connectivity index (χ2n) is 6.07. The van der Waals surface area contributed by atoms with E-state index in [0.717, 1.165) is 41.7 Å². The van der Waals surface area contributed by atoms with Gasteiger partial charge in [-0.15, -0.1) is 0 Å². The molecule has 2 aromatic heterocycles. The van der Waals surface area contributed by atoms with Crippen LogP contribution in [0.25, 0.3) is 11.0 Å². The van der Waals surface area contributed by atoms with Crippen LogP contribution in [0, 0.1) is 0 Å². The first-order valence-electron chi connectivity index (χ1n) is 8.87. The molecule has 0 aliphatic rings. The molecule has 3 aromatic rings. The zero-order valence-electron chi connectivity index (χ0n) is 14.8. The quantitative estimate of drug-likeness (QED) is 0.720. The van der Waals surface area contributed by atoms with Crippen molar-refractivity contribution in [2.24, 2.45) is 0 Å². The van der Waals surface area contributed by atoms with E-state index in [-0.39, 0.29) is 11.9 Å². The highest BCUT2D eigenvalue weighted by atomic mass is 16.2. The fourth-order valence-corrected chi connectivity index (χ4v) is 3.17. The van der Waals surface area contributed by atoms with E-state index < -0.39 is 0 Å². The lowest BCUT2D eigenvalue weighted by Gasteiger charge is -2.20. The van der Waals surface area contributed by atoms with E-state index >= 15 is 0 Å². The molecule has 1 unspecified atom stereocenters. The summed E-state index contributed by atoms with van der Waals surface area (Å²) in [5.41, 5.74) is 3.09. The molecular weight excluding hydrogens is 312 g/mol. The number of rotatable bonds is 7. The summed E-state index contributed by atoms with van der Waals surface area (Å²) in [5, 5.41) is 3.07. The number of hydrogen-bond donors (Lipinski definition) is 1. The summed E-state index contributed by atoms with van der Waals surface area (Å²) in [6.45, 7) is 4.72. The molecule has 5 nitrogen and oxygen atoms in total. The molecule has 0 bridgehead atoms. The number of carbonyl (C=O) groups is 1. The lowest BCUT2D eigenvalue weighted by atomic mass is 10.1. The number of para-hydroxylation sites is 2. The lowest BCUT2D eigenvalue weighted by molar-refractivity contribution is -0.124. The Labute approximate surface area is 148 Å². The van der Waals surface area contributed by atoms with E-state index in [9.17, 15) is 4.79 Å². The first-order chi connectivity index (χ1) is 12.2. The number of benzene rings is 1. The van der Waals surface area contributed by atoms with Crippen molar-refractivity contribution in [1.29, 1.82) is 0 Å². The first kappa shape index (κ1) is 17.1. The smallest absolute Gasteiger partial charge is 0.243 e. The lowest BCUT2D eigenvalue weighted by Crippen LogP contribution is -2.34. The van der Waals surface area contributed by atoms with Gasteiger partial charge in [-0.2, -0.15) is 0 Å². The van der Waals surface area contributed by atoms with E-state index in [1.165, 1.54) is 0 Å². The van der Waals surface area contributed by atoms with Crippen LogP contribution in [0.2, 0.25) is 0 Å². The number of nitrogens with zero attached hydrogens (tertiary/aromatic N) is 3. The number of fused-ring (bicyclic) bond motifs is 1. The van der Waals surface area contributed by atoms with Gasteiger partial charge in [0.25, 0.3) is 0 Å². The number of pyridine rings is 1. The van der Waals surface area contributed by atoms with Crippen molar-refractivity contribution < 1.29 is 4.79 Å². The van der Waals surface area contributed by atoms with Gasteiger partial charge in [-0.3, -0.25) is 9.78 Å². The van der Waals surface area contributed by atoms with Crippen LogP contribution in [0.1, 0.15) is 37.7 Å². The number of nitrogens with one attached hydrogen (secondary N) is 1. The van der Waals surface area contributed by atoms with Gasteiger partial charge in [0.15, 0.2) is 0 Å². The highest BCUT2D eigenvalue weighted by Gasteiger charge is 2.23. The predicted molar refractivity (Wildman–Crippen MR) is 99.4 cm³/mol. The van der Waals surface area contributed by atoms with Crippen LogP contribution >= 0.6 is 0 Å². The third-order valence-electron chi connectivity index (χ3n) is 4.42. The maximum atomic E-state index is 12.8. The molecule has 5 heteroatoms. The maximum Gasteiger partial charge on any atom is 0.243 e. The summed E-state index contributed by atoms with van der Waals surface area (Å²) in [6, 6.07) is 11.7. The Kier molecular flexibility index (Phi) is 5.43. The Hall–Kier alpha value is -2.69. The third-order valence-corrected chi connectivity index (χ3v) is 4.42. The molecular formula is C20H24N4O. The van der Waals surface area contributed by atoms with Crippen LogP contribution in [0.15, 0.2) is 48.8 Å². The molecule has 0 radical (unpaired) electrons. The Balaban J connectivity index is 1.76. The minimum Gasteiger partial charge on any atom is -0.354 e. The van der Waals surface area contributed by atoms with Gasteiger partial charge in [-0.05, 0) is 36.6 Å². The molecule has 1 atom stereocenters. The van der Waals surface area contributed by atoms with E-state index in [1.54, 1.807) is 6.20 Å². The zero-order chi connectivity index (χ0) is 17.6. The van der Waals surface area contributed by atoms with Crippen molar-refractivity contribution in [3.8, 4) is 0 Å². The number of aromatic nitrogens is 3. The van der Waals surface area contributed by atoms with Gasteiger partial charge in [-0.1, -0.05) is 32.0 Å². The van der Waals surface area contributed by atoms with Crippen LogP contribution in [-0.4, -0.2) is 27.0 Å². The van der Waals surface area contributed by atoms with Gasteiger partial charge in [0.05, 0.1) is 11.0 Å². The summed E-state index contributed by atoms with van der Waals surface area (Å²) in [6.07, 6.45) is 5.90. The highest BCUT2D eigenvalue weighted by molar-refractivity contribution is 5.84. The number of carbonyl (C=O) groups excluding carboxylic acids is 1. The molecule has 3 rings (SSSR count). The fraction of sp³-hybridized carbons (Fsp3) is 0.350. The van der Waals surface area contributed by atoms with Crippen molar-refractivity contribution in [3.05, 3.63) is 60.2 Å². The standard InChI is InChI=1S/C20H24N4O/c1-3-17(20(25)22-13-11-15-8-7-12-21-14-15)24-18-10-6-5-9-16(18)23-19(24)4-2/h5-10,12,14,17H,3-4,11,13H2,1-2H3,(H,22,25). The first-order valence-corrected chi connectivity index (χ1v) is 8.87. The van der Waals surface area contributed by atoms with Crippen LogP contribution < -0.4 is 5.32 Å². The van der Waals surface area contributed by atoms with Gasteiger partial charge in [-0.25, -0.2) is 4.98 Å². The zero-order valence-corrected chi connectivity index (χ0v) is 14.8. The molecule has 25 heavy (non-hydrogen) atoms. The predicted octanol–water partition coefficient (Wildman–Crippen LogP) is 3.30. The van der Waals surface area contributed by atoms with E-state index in [4.69, 9.17) is 0 Å². The Morgan fingerprint density at radius 1 is 1.20 bits per heavy atom. The van der Waals surface area contributed by atoms with E-state index in [2.05, 4.69) is 26.8 Å². The van der Waals surface area contributed by atoms with Crippen molar-refractivity contribution in [2.75, 3.05) is 6.54 Å². The number of amides is 1. The Morgan fingerprint density at radius 3 is 2.76 bits per heavy atom. The largest absolute Gasteiger partial charge is 0.354 e. The van der Waals surface area contributed by atoms with Crippen LogP contribution in [0.4, 0.5) is 0 Å². The van der Waals surface area contributed by atoms with Crippen LogP contribution in [0.5, 0.6) is 0 Å². The Morgan fingerprint density at radius 2 is 2.04 bits per heavy atom. The van der Waals surface area contributed by atoms with Gasteiger partial charge in [0.1, 0.15) is 11.9 Å². The van der Waals surface area contributed by atoms with Gasteiger partial charge in [0, 0.05) is 25.4 Å². The minimum atomic E-state index is -0.240. The number of imidazole rings is 1. The second kappa shape index (κ2) is 7.92. The summed E-state index contributed by atoms with van der Waals surface area (Å²) < 4.78 is 2.09. The molecule has 130 valence electrons. The number of hydrogen-bond acceptors (Lipinski definition) is 3. The van der Waals surface area contributed by atoms with E-state index in [1.807, 2.05) is 49.5 Å². The Bertz CT molecular complexity index is 841. The van der Waals surface area contributed by atoms with Crippen molar-refractivity contribution >= 4 is 16.9 Å². The average Bonchev–Trinajstić information content (AvgIpc) is 3.02. The molecule has 0 saturated carbocycles. The van der Waals surface area contributed by atoms with Crippen molar-refractivity contribution in [1.82, 2.24) is 19.9 Å². The minimum absolute atomic E-state index is 0.0456. The van der Waals surface area contributed by atoms with Gasteiger partial charge >= 0.3 is 0 Å². The summed E-state index contributed by atoms with van der Waals surface area (Å²) in [4.78, 5) is 21.6. The maximum absolute atomic E-state index is 12.8. The van der Waals surface area contributed by atoms with Crippen molar-refractivity contribution in [3.63, 3.8) is 0 Å². The molecule has 1 N–H and O–H groups in total.